The third-order valence-corrected chi connectivity index (χ3v) is 3.58. The summed E-state index contributed by atoms with van der Waals surface area (Å²) in [6, 6.07) is 0.699. The molecule has 1 saturated carbocycles. The van der Waals surface area contributed by atoms with Crippen molar-refractivity contribution in [1.29, 1.82) is 0 Å². The number of nitrogens with zero attached hydrogens (tertiary/aromatic N) is 1. The lowest BCUT2D eigenvalue weighted by molar-refractivity contribution is 0.392. The van der Waals surface area contributed by atoms with Crippen LogP contribution in [0.3, 0.4) is 0 Å². The summed E-state index contributed by atoms with van der Waals surface area (Å²) in [5.74, 6) is 1.92. The molecule has 1 N–H and O–H groups in total. The number of aromatic nitrogens is 1. The smallest absolute Gasteiger partial charge is 0.137 e. The lowest BCUT2D eigenvalue weighted by Gasteiger charge is -2.12. The fourth-order valence-electron chi connectivity index (χ4n) is 2.22. The molecule has 90 valence electrons. The highest BCUT2D eigenvalue weighted by atomic mass is 16.5. The third kappa shape index (κ3) is 2.85. The predicted octanol–water partition coefficient (Wildman–Crippen LogP) is 2.61. The summed E-state index contributed by atoms with van der Waals surface area (Å²) in [5, 5.41) is 7.57. The Morgan fingerprint density at radius 2 is 2.19 bits per heavy atom. The minimum Gasteiger partial charge on any atom is -0.361 e. The van der Waals surface area contributed by atoms with Gasteiger partial charge in [0, 0.05) is 11.6 Å². The summed E-state index contributed by atoms with van der Waals surface area (Å²) in [4.78, 5) is 0. The number of rotatable bonds is 6. The van der Waals surface area contributed by atoms with Crippen LogP contribution in [0.1, 0.15) is 43.2 Å². The largest absolute Gasteiger partial charge is 0.361 e. The van der Waals surface area contributed by atoms with Gasteiger partial charge in [-0.3, -0.25) is 0 Å². The third-order valence-electron chi connectivity index (χ3n) is 3.58. The molecule has 16 heavy (non-hydrogen) atoms. The van der Waals surface area contributed by atoms with Crippen LogP contribution in [-0.2, 0) is 6.42 Å². The van der Waals surface area contributed by atoms with Crippen molar-refractivity contribution in [3.8, 4) is 0 Å². The molecule has 1 fully saturated rings. The van der Waals surface area contributed by atoms with Crippen molar-refractivity contribution >= 4 is 0 Å². The first-order valence-electron chi connectivity index (χ1n) is 6.33. The molecule has 1 heterocycles. The molecular weight excluding hydrogens is 200 g/mol. The van der Waals surface area contributed by atoms with Gasteiger partial charge in [0.05, 0.1) is 5.69 Å². The van der Waals surface area contributed by atoms with E-state index < -0.39 is 0 Å². The molecule has 0 radical (unpaired) electrons. The van der Waals surface area contributed by atoms with E-state index in [-0.39, 0.29) is 0 Å². The SMILES string of the molecule is Cc1noc(C)c1CCCNC(C)C1CC1. The van der Waals surface area contributed by atoms with E-state index in [1.54, 1.807) is 0 Å². The fraction of sp³-hybridized carbons (Fsp3) is 0.769. The zero-order valence-electron chi connectivity index (χ0n) is 10.5. The summed E-state index contributed by atoms with van der Waals surface area (Å²) in [6.07, 6.45) is 5.07. The van der Waals surface area contributed by atoms with Crippen LogP contribution < -0.4 is 5.32 Å². The van der Waals surface area contributed by atoms with Gasteiger partial charge in [-0.2, -0.15) is 0 Å². The van der Waals surface area contributed by atoms with Crippen LogP contribution in [0.4, 0.5) is 0 Å². The molecule has 0 saturated heterocycles. The van der Waals surface area contributed by atoms with Crippen LogP contribution in [0.15, 0.2) is 4.52 Å². The van der Waals surface area contributed by atoms with Crippen LogP contribution >= 0.6 is 0 Å². The lowest BCUT2D eigenvalue weighted by atomic mass is 10.1. The second kappa shape index (κ2) is 5.00. The molecule has 1 aromatic heterocycles. The van der Waals surface area contributed by atoms with Gasteiger partial charge in [-0.1, -0.05) is 5.16 Å². The Kier molecular flexibility index (Phi) is 3.64. The molecule has 0 amide bonds. The molecule has 1 aromatic rings. The summed E-state index contributed by atoms with van der Waals surface area (Å²) >= 11 is 0. The average molecular weight is 222 g/mol. The van der Waals surface area contributed by atoms with Gasteiger partial charge in [0.2, 0.25) is 0 Å². The molecule has 0 aliphatic heterocycles. The Labute approximate surface area is 97.6 Å². The normalized spacial score (nSPS) is 17.7. The van der Waals surface area contributed by atoms with Gasteiger partial charge >= 0.3 is 0 Å². The van der Waals surface area contributed by atoms with Gasteiger partial charge in [0.1, 0.15) is 5.76 Å². The minimum absolute atomic E-state index is 0.699. The Hall–Kier alpha value is -0.830. The maximum atomic E-state index is 5.15. The van der Waals surface area contributed by atoms with Crippen molar-refractivity contribution in [2.75, 3.05) is 6.54 Å². The van der Waals surface area contributed by atoms with Gasteiger partial charge in [0.25, 0.3) is 0 Å². The quantitative estimate of drug-likeness (QED) is 0.752. The van der Waals surface area contributed by atoms with Crippen LogP contribution in [-0.4, -0.2) is 17.7 Å². The van der Waals surface area contributed by atoms with Gasteiger partial charge in [0.15, 0.2) is 0 Å². The Bertz CT molecular complexity index is 322. The van der Waals surface area contributed by atoms with Crippen molar-refractivity contribution in [2.24, 2.45) is 5.92 Å². The number of aryl methyl sites for hydroxylation is 2. The molecule has 0 spiro atoms. The van der Waals surface area contributed by atoms with Gasteiger partial charge in [-0.15, -0.1) is 0 Å². The van der Waals surface area contributed by atoms with Crippen molar-refractivity contribution in [3.05, 3.63) is 17.0 Å². The molecule has 3 nitrogen and oxygen atoms in total. The summed E-state index contributed by atoms with van der Waals surface area (Å²) in [6.45, 7) is 7.41. The standard InChI is InChI=1S/C13H22N2O/c1-9(12-6-7-12)14-8-4-5-13-10(2)15-16-11(13)3/h9,12,14H,4-8H2,1-3H3. The van der Waals surface area contributed by atoms with Crippen molar-refractivity contribution in [3.63, 3.8) is 0 Å². The highest BCUT2D eigenvalue weighted by molar-refractivity contribution is 5.20. The first kappa shape index (κ1) is 11.6. The number of nitrogens with one attached hydrogen (secondary N) is 1. The molecule has 0 bridgehead atoms. The van der Waals surface area contributed by atoms with Crippen LogP contribution in [0, 0.1) is 19.8 Å². The van der Waals surface area contributed by atoms with E-state index in [2.05, 4.69) is 17.4 Å². The highest BCUT2D eigenvalue weighted by Gasteiger charge is 2.27. The molecule has 1 aliphatic carbocycles. The average Bonchev–Trinajstić information content (AvgIpc) is 3.05. The number of hydrogen-bond acceptors (Lipinski definition) is 3. The van der Waals surface area contributed by atoms with Gasteiger partial charge in [-0.05, 0) is 58.9 Å². The predicted molar refractivity (Wildman–Crippen MR) is 64.5 cm³/mol. The van der Waals surface area contributed by atoms with E-state index >= 15 is 0 Å². The summed E-state index contributed by atoms with van der Waals surface area (Å²) in [5.41, 5.74) is 2.34. The molecule has 1 atom stereocenters. The molecule has 1 unspecified atom stereocenters. The van der Waals surface area contributed by atoms with E-state index in [1.807, 2.05) is 13.8 Å². The molecule has 2 rings (SSSR count). The monoisotopic (exact) mass is 222 g/mol. The van der Waals surface area contributed by atoms with Crippen LogP contribution in [0.2, 0.25) is 0 Å². The Morgan fingerprint density at radius 3 is 2.75 bits per heavy atom. The fourth-order valence-corrected chi connectivity index (χ4v) is 2.22. The van der Waals surface area contributed by atoms with E-state index in [1.165, 1.54) is 24.8 Å². The van der Waals surface area contributed by atoms with Crippen LogP contribution in [0.5, 0.6) is 0 Å². The first-order chi connectivity index (χ1) is 7.68. The topological polar surface area (TPSA) is 38.1 Å². The van der Waals surface area contributed by atoms with E-state index in [9.17, 15) is 0 Å². The Morgan fingerprint density at radius 1 is 1.44 bits per heavy atom. The maximum Gasteiger partial charge on any atom is 0.137 e. The van der Waals surface area contributed by atoms with Gasteiger partial charge < -0.3 is 9.84 Å². The summed E-state index contributed by atoms with van der Waals surface area (Å²) in [7, 11) is 0. The Balaban J connectivity index is 1.67. The summed E-state index contributed by atoms with van der Waals surface area (Å²) < 4.78 is 5.15. The van der Waals surface area contributed by atoms with Crippen molar-refractivity contribution in [2.45, 2.75) is 52.5 Å². The first-order valence-corrected chi connectivity index (χ1v) is 6.33. The zero-order valence-corrected chi connectivity index (χ0v) is 10.5. The molecule has 3 heteroatoms. The van der Waals surface area contributed by atoms with E-state index in [0.29, 0.717) is 6.04 Å². The lowest BCUT2D eigenvalue weighted by Crippen LogP contribution is -2.29. The second-order valence-corrected chi connectivity index (χ2v) is 4.99. The molecular formula is C13H22N2O. The zero-order chi connectivity index (χ0) is 11.5. The van der Waals surface area contributed by atoms with Gasteiger partial charge in [-0.25, -0.2) is 0 Å². The van der Waals surface area contributed by atoms with E-state index in [4.69, 9.17) is 4.52 Å². The van der Waals surface area contributed by atoms with Crippen molar-refractivity contribution < 1.29 is 4.52 Å². The molecule has 0 aromatic carbocycles. The van der Waals surface area contributed by atoms with Crippen molar-refractivity contribution in [1.82, 2.24) is 10.5 Å². The number of hydrogen-bond donors (Lipinski definition) is 1. The minimum atomic E-state index is 0.699. The highest BCUT2D eigenvalue weighted by Crippen LogP contribution is 2.32. The maximum absolute atomic E-state index is 5.15. The second-order valence-electron chi connectivity index (χ2n) is 4.99. The van der Waals surface area contributed by atoms with E-state index in [0.717, 1.165) is 30.3 Å². The molecule has 1 aliphatic rings. The van der Waals surface area contributed by atoms with Crippen LogP contribution in [0.25, 0.3) is 0 Å².